The minimum atomic E-state index is -0.0262. The lowest BCUT2D eigenvalue weighted by Crippen LogP contribution is -2.50. The first kappa shape index (κ1) is 16.3. The number of thioether (sulfide) groups is 1. The highest BCUT2D eigenvalue weighted by atomic mass is 32.2. The molecule has 5 heteroatoms. The normalized spacial score (nSPS) is 28.3. The lowest BCUT2D eigenvalue weighted by Gasteiger charge is -2.38. The quantitative estimate of drug-likeness (QED) is 0.850. The van der Waals surface area contributed by atoms with Crippen molar-refractivity contribution < 1.29 is 9.53 Å². The van der Waals surface area contributed by atoms with Gasteiger partial charge in [0.05, 0.1) is 11.6 Å². The van der Waals surface area contributed by atoms with E-state index in [1.165, 1.54) is 23.3 Å². The lowest BCUT2D eigenvalue weighted by molar-refractivity contribution is -0.0820. The van der Waals surface area contributed by atoms with Crippen LogP contribution in [0.4, 0.5) is 4.79 Å². The number of amides is 2. The Morgan fingerprint density at radius 2 is 2.00 bits per heavy atom. The van der Waals surface area contributed by atoms with E-state index in [-0.39, 0.29) is 23.7 Å². The van der Waals surface area contributed by atoms with Gasteiger partial charge < -0.3 is 15.4 Å². The largest absolute Gasteiger partial charge is 0.375 e. The van der Waals surface area contributed by atoms with Crippen LogP contribution in [0.3, 0.4) is 0 Å². The Kier molecular flexibility index (Phi) is 4.72. The van der Waals surface area contributed by atoms with E-state index in [1.54, 1.807) is 0 Å². The second-order valence-corrected chi connectivity index (χ2v) is 8.41. The van der Waals surface area contributed by atoms with Crippen LogP contribution in [-0.2, 0) is 4.74 Å². The first-order valence-corrected chi connectivity index (χ1v) is 10.2. The van der Waals surface area contributed by atoms with E-state index in [0.29, 0.717) is 0 Å². The summed E-state index contributed by atoms with van der Waals surface area (Å²) >= 11 is 1.88. The second kappa shape index (κ2) is 6.96. The molecule has 4 nitrogen and oxygen atoms in total. The van der Waals surface area contributed by atoms with Crippen LogP contribution in [0.1, 0.15) is 56.6 Å². The Labute approximate surface area is 148 Å². The summed E-state index contributed by atoms with van der Waals surface area (Å²) in [6.07, 6.45) is 7.71. The number of carbonyl (C=O) groups excluding carboxylic acids is 1. The third kappa shape index (κ3) is 3.42. The van der Waals surface area contributed by atoms with Crippen molar-refractivity contribution in [2.24, 2.45) is 0 Å². The maximum absolute atomic E-state index is 12.5. The van der Waals surface area contributed by atoms with Crippen LogP contribution in [0.25, 0.3) is 0 Å². The van der Waals surface area contributed by atoms with Gasteiger partial charge in [-0.3, -0.25) is 0 Å². The highest BCUT2D eigenvalue weighted by Gasteiger charge is 2.40. The molecule has 2 atom stereocenters. The zero-order valence-electron chi connectivity index (χ0n) is 14.1. The van der Waals surface area contributed by atoms with Gasteiger partial charge in [0.25, 0.3) is 0 Å². The van der Waals surface area contributed by atoms with Gasteiger partial charge in [-0.2, -0.15) is 0 Å². The number of urea groups is 1. The van der Waals surface area contributed by atoms with Crippen molar-refractivity contribution in [1.82, 2.24) is 10.6 Å². The molecule has 2 N–H and O–H groups in total. The van der Waals surface area contributed by atoms with Gasteiger partial charge in [-0.05, 0) is 43.7 Å². The van der Waals surface area contributed by atoms with Crippen LogP contribution in [-0.4, -0.2) is 30.0 Å². The van der Waals surface area contributed by atoms with E-state index < -0.39 is 0 Å². The third-order valence-corrected chi connectivity index (χ3v) is 6.73. The van der Waals surface area contributed by atoms with Gasteiger partial charge in [0.2, 0.25) is 0 Å². The molecule has 0 radical (unpaired) electrons. The Hall–Kier alpha value is -1.20. The summed E-state index contributed by atoms with van der Waals surface area (Å²) < 4.78 is 6.06. The number of hydrogen-bond acceptors (Lipinski definition) is 3. The monoisotopic (exact) mass is 346 g/mol. The van der Waals surface area contributed by atoms with Gasteiger partial charge in [0, 0.05) is 23.3 Å². The van der Waals surface area contributed by atoms with Crippen LogP contribution in [0.5, 0.6) is 0 Å². The molecule has 1 saturated heterocycles. The summed E-state index contributed by atoms with van der Waals surface area (Å²) in [5, 5.41) is 6.41. The van der Waals surface area contributed by atoms with Crippen LogP contribution in [0.2, 0.25) is 0 Å². The number of rotatable bonds is 2. The average molecular weight is 346 g/mol. The predicted octanol–water partition coefficient (Wildman–Crippen LogP) is 4.01. The van der Waals surface area contributed by atoms with Gasteiger partial charge in [-0.15, -0.1) is 11.8 Å². The van der Waals surface area contributed by atoms with Gasteiger partial charge in [0.15, 0.2) is 0 Å². The van der Waals surface area contributed by atoms with E-state index in [9.17, 15) is 4.79 Å². The van der Waals surface area contributed by atoms with E-state index >= 15 is 0 Å². The standard InChI is InChI=1S/C19H26N2O2S/c22-18(20-14-7-11-23-19(13-14)9-3-4-10-19)21-16-8-12-24-17-6-2-1-5-15(16)17/h1-2,5-6,14,16H,3-4,7-13H2,(H2,20,21,22)/t14-,16-/m1/s1. The number of benzene rings is 1. The Balaban J connectivity index is 1.36. The molecular formula is C19H26N2O2S. The van der Waals surface area contributed by atoms with E-state index in [1.807, 2.05) is 11.8 Å². The van der Waals surface area contributed by atoms with Crippen molar-refractivity contribution in [3.05, 3.63) is 29.8 Å². The number of nitrogens with one attached hydrogen (secondary N) is 2. The van der Waals surface area contributed by atoms with Gasteiger partial charge in [-0.1, -0.05) is 31.0 Å². The average Bonchev–Trinajstić information content (AvgIpc) is 3.03. The molecule has 2 fully saturated rings. The summed E-state index contributed by atoms with van der Waals surface area (Å²) in [5.74, 6) is 1.06. The predicted molar refractivity (Wildman–Crippen MR) is 96.4 cm³/mol. The molecule has 1 aromatic rings. The fraction of sp³-hybridized carbons (Fsp3) is 0.632. The summed E-state index contributed by atoms with van der Waals surface area (Å²) in [7, 11) is 0. The molecule has 1 spiro atoms. The molecule has 3 aliphatic rings. The highest BCUT2D eigenvalue weighted by Crippen LogP contribution is 2.40. The molecule has 1 aromatic carbocycles. The van der Waals surface area contributed by atoms with Gasteiger partial charge >= 0.3 is 6.03 Å². The fourth-order valence-corrected chi connectivity index (χ4v) is 5.52. The minimum Gasteiger partial charge on any atom is -0.375 e. The van der Waals surface area contributed by atoms with Crippen molar-refractivity contribution >= 4 is 17.8 Å². The Morgan fingerprint density at radius 1 is 1.17 bits per heavy atom. The third-order valence-electron chi connectivity index (χ3n) is 5.61. The molecule has 0 aromatic heterocycles. The molecule has 2 heterocycles. The maximum atomic E-state index is 12.5. The molecule has 130 valence electrons. The topological polar surface area (TPSA) is 50.4 Å². The van der Waals surface area contributed by atoms with Crippen molar-refractivity contribution in [2.45, 2.75) is 67.5 Å². The molecule has 4 rings (SSSR count). The van der Waals surface area contributed by atoms with Crippen LogP contribution < -0.4 is 10.6 Å². The second-order valence-electron chi connectivity index (χ2n) is 7.27. The van der Waals surface area contributed by atoms with E-state index in [0.717, 1.165) is 44.5 Å². The van der Waals surface area contributed by atoms with Crippen LogP contribution in [0, 0.1) is 0 Å². The first-order chi connectivity index (χ1) is 11.7. The molecule has 2 amide bonds. The van der Waals surface area contributed by atoms with E-state index in [4.69, 9.17) is 4.74 Å². The molecule has 2 aliphatic heterocycles. The molecule has 1 aliphatic carbocycles. The summed E-state index contributed by atoms with van der Waals surface area (Å²) in [5.41, 5.74) is 1.30. The van der Waals surface area contributed by atoms with Crippen LogP contribution >= 0.6 is 11.8 Å². The number of hydrogen-bond donors (Lipinski definition) is 2. The van der Waals surface area contributed by atoms with E-state index in [2.05, 4.69) is 34.9 Å². The number of carbonyl (C=O) groups is 1. The van der Waals surface area contributed by atoms with Crippen molar-refractivity contribution in [2.75, 3.05) is 12.4 Å². The van der Waals surface area contributed by atoms with Crippen molar-refractivity contribution in [3.8, 4) is 0 Å². The molecule has 24 heavy (non-hydrogen) atoms. The first-order valence-electron chi connectivity index (χ1n) is 9.17. The summed E-state index contributed by atoms with van der Waals surface area (Å²) in [6.45, 7) is 0.772. The maximum Gasteiger partial charge on any atom is 0.315 e. The smallest absolute Gasteiger partial charge is 0.315 e. The zero-order chi connectivity index (χ0) is 16.4. The molecular weight excluding hydrogens is 320 g/mol. The minimum absolute atomic E-state index is 0.0262. The zero-order valence-corrected chi connectivity index (χ0v) is 14.9. The SMILES string of the molecule is O=C(N[C@@H]1CCOC2(CCCC2)C1)N[C@@H]1CCSc2ccccc21. The highest BCUT2D eigenvalue weighted by molar-refractivity contribution is 7.99. The van der Waals surface area contributed by atoms with Crippen LogP contribution in [0.15, 0.2) is 29.2 Å². The fourth-order valence-electron chi connectivity index (χ4n) is 4.40. The summed E-state index contributed by atoms with van der Waals surface area (Å²) in [6, 6.07) is 8.74. The number of ether oxygens (including phenoxy) is 1. The molecule has 0 bridgehead atoms. The Bertz CT molecular complexity index is 601. The van der Waals surface area contributed by atoms with Crippen molar-refractivity contribution in [1.29, 1.82) is 0 Å². The summed E-state index contributed by atoms with van der Waals surface area (Å²) in [4.78, 5) is 13.8. The van der Waals surface area contributed by atoms with Gasteiger partial charge in [-0.25, -0.2) is 4.79 Å². The molecule has 0 unspecified atom stereocenters. The van der Waals surface area contributed by atoms with Crippen molar-refractivity contribution in [3.63, 3.8) is 0 Å². The number of fused-ring (bicyclic) bond motifs is 1. The Morgan fingerprint density at radius 3 is 2.88 bits per heavy atom. The lowest BCUT2D eigenvalue weighted by atomic mass is 9.89. The molecule has 1 saturated carbocycles. The van der Waals surface area contributed by atoms with Gasteiger partial charge in [0.1, 0.15) is 0 Å².